The van der Waals surface area contributed by atoms with E-state index in [4.69, 9.17) is 4.42 Å². The number of piperazine rings is 1. The van der Waals surface area contributed by atoms with Gasteiger partial charge in [-0.2, -0.15) is 0 Å². The summed E-state index contributed by atoms with van der Waals surface area (Å²) >= 11 is 0. The lowest BCUT2D eigenvalue weighted by atomic mass is 9.97. The average molecular weight is 236 g/mol. The minimum atomic E-state index is 0.614. The van der Waals surface area contributed by atoms with Crippen LogP contribution in [0.4, 0.5) is 0 Å². The Morgan fingerprint density at radius 2 is 2.35 bits per heavy atom. The Balaban J connectivity index is 2.02. The fourth-order valence-electron chi connectivity index (χ4n) is 2.61. The Kier molecular flexibility index (Phi) is 4.24. The minimum absolute atomic E-state index is 0.614. The second-order valence-corrected chi connectivity index (χ2v) is 5.33. The zero-order valence-electron chi connectivity index (χ0n) is 11.1. The molecule has 1 aromatic rings. The van der Waals surface area contributed by atoms with Gasteiger partial charge in [-0.25, -0.2) is 0 Å². The topological polar surface area (TPSA) is 28.4 Å². The summed E-state index contributed by atoms with van der Waals surface area (Å²) in [4.78, 5) is 2.56. The maximum absolute atomic E-state index is 5.47. The second-order valence-electron chi connectivity index (χ2n) is 5.33. The van der Waals surface area contributed by atoms with E-state index in [1.807, 2.05) is 6.07 Å². The van der Waals surface area contributed by atoms with E-state index < -0.39 is 0 Å². The van der Waals surface area contributed by atoms with Crippen molar-refractivity contribution in [2.24, 2.45) is 5.92 Å². The first-order chi connectivity index (χ1) is 8.20. The van der Waals surface area contributed by atoms with Gasteiger partial charge in [0.05, 0.1) is 12.8 Å². The Hall–Kier alpha value is -0.800. The summed E-state index contributed by atoms with van der Waals surface area (Å²) in [6.07, 6.45) is 2.96. The number of hydrogen-bond donors (Lipinski definition) is 1. The third-order valence-electron chi connectivity index (χ3n) is 3.74. The van der Waals surface area contributed by atoms with E-state index in [0.29, 0.717) is 18.0 Å². The van der Waals surface area contributed by atoms with Crippen LogP contribution in [0.25, 0.3) is 0 Å². The lowest BCUT2D eigenvalue weighted by molar-refractivity contribution is 0.0831. The fraction of sp³-hybridized carbons (Fsp3) is 0.714. The van der Waals surface area contributed by atoms with Crippen molar-refractivity contribution < 1.29 is 4.42 Å². The van der Waals surface area contributed by atoms with E-state index in [2.05, 4.69) is 37.1 Å². The lowest BCUT2D eigenvalue weighted by Gasteiger charge is -2.41. The smallest absolute Gasteiger partial charge is 0.117 e. The Morgan fingerprint density at radius 1 is 1.53 bits per heavy atom. The van der Waals surface area contributed by atoms with Gasteiger partial charge in [0.15, 0.2) is 0 Å². The molecule has 2 heterocycles. The van der Waals surface area contributed by atoms with Crippen LogP contribution in [0, 0.1) is 5.92 Å². The molecule has 2 rings (SSSR count). The van der Waals surface area contributed by atoms with Crippen LogP contribution >= 0.6 is 0 Å². The maximum Gasteiger partial charge on any atom is 0.117 e. The Labute approximate surface area is 104 Å². The van der Waals surface area contributed by atoms with Crippen LogP contribution in [0.3, 0.4) is 0 Å². The standard InChI is InChI=1S/C14H24N2O/c1-4-12-9-16(10-13-6-5-7-17-13)14(8-15-12)11(2)3/h5-7,11-12,14-15H,4,8-10H2,1-3H3. The van der Waals surface area contributed by atoms with Crippen molar-refractivity contribution in [1.29, 1.82) is 0 Å². The van der Waals surface area contributed by atoms with Gasteiger partial charge in [0.2, 0.25) is 0 Å². The van der Waals surface area contributed by atoms with E-state index in [1.165, 1.54) is 6.42 Å². The zero-order valence-corrected chi connectivity index (χ0v) is 11.1. The molecule has 2 atom stereocenters. The summed E-state index contributed by atoms with van der Waals surface area (Å²) in [5, 5.41) is 3.64. The van der Waals surface area contributed by atoms with Crippen LogP contribution in [0.5, 0.6) is 0 Å². The molecule has 1 aliphatic heterocycles. The average Bonchev–Trinajstić information content (AvgIpc) is 2.81. The van der Waals surface area contributed by atoms with Gasteiger partial charge in [0, 0.05) is 25.2 Å². The Morgan fingerprint density at radius 3 is 2.94 bits per heavy atom. The van der Waals surface area contributed by atoms with Gasteiger partial charge in [-0.15, -0.1) is 0 Å². The molecule has 1 N–H and O–H groups in total. The molecular weight excluding hydrogens is 212 g/mol. The monoisotopic (exact) mass is 236 g/mol. The number of rotatable bonds is 4. The summed E-state index contributed by atoms with van der Waals surface area (Å²) in [7, 11) is 0. The van der Waals surface area contributed by atoms with Gasteiger partial charge in [0.1, 0.15) is 5.76 Å². The molecular formula is C14H24N2O. The van der Waals surface area contributed by atoms with Gasteiger partial charge < -0.3 is 9.73 Å². The van der Waals surface area contributed by atoms with Crippen LogP contribution in [0.2, 0.25) is 0 Å². The van der Waals surface area contributed by atoms with E-state index in [0.717, 1.165) is 25.4 Å². The highest BCUT2D eigenvalue weighted by molar-refractivity contribution is 5.00. The molecule has 3 nitrogen and oxygen atoms in total. The lowest BCUT2D eigenvalue weighted by Crippen LogP contribution is -2.57. The molecule has 0 saturated carbocycles. The second kappa shape index (κ2) is 5.69. The molecule has 1 aromatic heterocycles. The first-order valence-corrected chi connectivity index (χ1v) is 6.70. The maximum atomic E-state index is 5.47. The molecule has 0 bridgehead atoms. The minimum Gasteiger partial charge on any atom is -0.468 e. The highest BCUT2D eigenvalue weighted by atomic mass is 16.3. The molecule has 0 aliphatic carbocycles. The third-order valence-corrected chi connectivity index (χ3v) is 3.74. The molecule has 3 heteroatoms. The van der Waals surface area contributed by atoms with Gasteiger partial charge in [0.25, 0.3) is 0 Å². The van der Waals surface area contributed by atoms with Gasteiger partial charge in [-0.3, -0.25) is 4.90 Å². The molecule has 96 valence electrons. The first-order valence-electron chi connectivity index (χ1n) is 6.70. The van der Waals surface area contributed by atoms with Crippen LogP contribution < -0.4 is 5.32 Å². The van der Waals surface area contributed by atoms with Crippen LogP contribution in [-0.4, -0.2) is 30.1 Å². The van der Waals surface area contributed by atoms with Crippen LogP contribution in [0.1, 0.15) is 33.0 Å². The fourth-order valence-corrected chi connectivity index (χ4v) is 2.61. The third kappa shape index (κ3) is 3.11. The van der Waals surface area contributed by atoms with Crippen LogP contribution in [0.15, 0.2) is 22.8 Å². The Bertz CT molecular complexity index is 321. The molecule has 0 radical (unpaired) electrons. The van der Waals surface area contributed by atoms with E-state index in [9.17, 15) is 0 Å². The van der Waals surface area contributed by atoms with Crippen LogP contribution in [-0.2, 0) is 6.54 Å². The molecule has 0 spiro atoms. The predicted octanol–water partition coefficient (Wildman–Crippen LogP) is 2.49. The molecule has 1 aliphatic rings. The van der Waals surface area contributed by atoms with E-state index in [1.54, 1.807) is 6.26 Å². The quantitative estimate of drug-likeness (QED) is 0.870. The highest BCUT2D eigenvalue weighted by Crippen LogP contribution is 2.19. The van der Waals surface area contributed by atoms with Crippen molar-refractivity contribution in [1.82, 2.24) is 10.2 Å². The molecule has 0 amide bonds. The van der Waals surface area contributed by atoms with Crippen molar-refractivity contribution >= 4 is 0 Å². The number of nitrogens with zero attached hydrogens (tertiary/aromatic N) is 1. The van der Waals surface area contributed by atoms with Gasteiger partial charge >= 0.3 is 0 Å². The van der Waals surface area contributed by atoms with E-state index >= 15 is 0 Å². The predicted molar refractivity (Wildman–Crippen MR) is 69.8 cm³/mol. The summed E-state index contributed by atoms with van der Waals surface area (Å²) < 4.78 is 5.47. The molecule has 2 unspecified atom stereocenters. The number of nitrogens with one attached hydrogen (secondary N) is 1. The zero-order chi connectivity index (χ0) is 12.3. The van der Waals surface area contributed by atoms with Gasteiger partial charge in [-0.1, -0.05) is 20.8 Å². The van der Waals surface area contributed by atoms with Gasteiger partial charge in [-0.05, 0) is 24.5 Å². The summed E-state index contributed by atoms with van der Waals surface area (Å²) in [6.45, 7) is 10.0. The van der Waals surface area contributed by atoms with Crippen molar-refractivity contribution in [3.8, 4) is 0 Å². The molecule has 1 saturated heterocycles. The van der Waals surface area contributed by atoms with Crippen molar-refractivity contribution in [2.45, 2.75) is 45.8 Å². The van der Waals surface area contributed by atoms with Crippen molar-refractivity contribution in [2.75, 3.05) is 13.1 Å². The van der Waals surface area contributed by atoms with Crippen molar-refractivity contribution in [3.05, 3.63) is 24.2 Å². The molecule has 1 fully saturated rings. The molecule has 17 heavy (non-hydrogen) atoms. The summed E-state index contributed by atoms with van der Waals surface area (Å²) in [5.74, 6) is 1.75. The molecule has 0 aromatic carbocycles. The summed E-state index contributed by atoms with van der Waals surface area (Å²) in [5.41, 5.74) is 0. The summed E-state index contributed by atoms with van der Waals surface area (Å²) in [6, 6.07) is 5.28. The first kappa shape index (κ1) is 12.7. The largest absolute Gasteiger partial charge is 0.468 e. The SMILES string of the molecule is CCC1CN(Cc2ccco2)C(C(C)C)CN1. The van der Waals surface area contributed by atoms with Crippen molar-refractivity contribution in [3.63, 3.8) is 0 Å². The van der Waals surface area contributed by atoms with E-state index in [-0.39, 0.29) is 0 Å². The normalized spacial score (nSPS) is 26.6. The number of hydrogen-bond acceptors (Lipinski definition) is 3. The number of furan rings is 1. The highest BCUT2D eigenvalue weighted by Gasteiger charge is 2.29.